The van der Waals surface area contributed by atoms with Gasteiger partial charge in [-0.1, -0.05) is 18.2 Å². The van der Waals surface area contributed by atoms with Gasteiger partial charge in [0.15, 0.2) is 0 Å². The lowest BCUT2D eigenvalue weighted by atomic mass is 10.2. The van der Waals surface area contributed by atoms with Crippen molar-refractivity contribution in [1.82, 2.24) is 4.90 Å². The number of para-hydroxylation sites is 2. The molecule has 1 N–H and O–H groups in total. The normalized spacial score (nSPS) is 14.9. The van der Waals surface area contributed by atoms with Gasteiger partial charge in [-0.2, -0.15) is 0 Å². The van der Waals surface area contributed by atoms with Crippen LogP contribution in [0.5, 0.6) is 5.75 Å². The molecule has 3 rings (SSSR count). The Balaban J connectivity index is 1.72. The zero-order valence-corrected chi connectivity index (χ0v) is 19.0. The van der Waals surface area contributed by atoms with Crippen molar-refractivity contribution < 1.29 is 19.1 Å². The largest absolute Gasteiger partial charge is 0.495 e. The van der Waals surface area contributed by atoms with E-state index < -0.39 is 17.1 Å². The zero-order valence-electron chi connectivity index (χ0n) is 16.6. The maximum atomic E-state index is 12.7. The molecule has 0 aliphatic carbocycles. The van der Waals surface area contributed by atoms with Gasteiger partial charge < -0.3 is 15.0 Å². The van der Waals surface area contributed by atoms with Crippen molar-refractivity contribution >= 4 is 62.2 Å². The second-order valence-corrected chi connectivity index (χ2v) is 8.47. The summed E-state index contributed by atoms with van der Waals surface area (Å²) in [6.07, 6.45) is 1.65. The second-order valence-electron chi connectivity index (χ2n) is 6.62. The Labute approximate surface area is 187 Å². The van der Waals surface area contributed by atoms with Crippen molar-refractivity contribution in [3.63, 3.8) is 0 Å². The van der Waals surface area contributed by atoms with Gasteiger partial charge in [-0.3, -0.25) is 19.3 Å². The molecule has 0 atom stereocenters. The first-order valence-corrected chi connectivity index (χ1v) is 10.6. The molecular formula is C21H20BrN3O4S. The first-order valence-electron chi connectivity index (χ1n) is 8.95. The predicted molar refractivity (Wildman–Crippen MR) is 123 cm³/mol. The number of imide groups is 1. The van der Waals surface area contributed by atoms with Crippen LogP contribution >= 0.6 is 27.7 Å². The lowest BCUT2D eigenvalue weighted by Crippen LogP contribution is -2.36. The van der Waals surface area contributed by atoms with E-state index >= 15 is 0 Å². The van der Waals surface area contributed by atoms with Crippen molar-refractivity contribution in [1.29, 1.82) is 0 Å². The molecule has 7 nitrogen and oxygen atoms in total. The highest BCUT2D eigenvalue weighted by molar-refractivity contribution is 9.10. The maximum Gasteiger partial charge on any atom is 0.294 e. The number of anilines is 2. The molecule has 0 bridgehead atoms. The van der Waals surface area contributed by atoms with E-state index in [4.69, 9.17) is 4.74 Å². The van der Waals surface area contributed by atoms with Crippen LogP contribution in [-0.4, -0.2) is 49.7 Å². The van der Waals surface area contributed by atoms with Gasteiger partial charge in [0.1, 0.15) is 12.3 Å². The number of nitrogens with zero attached hydrogens (tertiary/aromatic N) is 2. The standard InChI is InChI=1S/C21H20BrN3O4S/c1-24(2)16-9-8-13(10-14(16)22)11-18-20(27)25(21(28)30-18)12-19(26)23-15-6-4-5-7-17(15)29-3/h4-11H,12H2,1-3H3,(H,23,26)/b18-11-. The lowest BCUT2D eigenvalue weighted by Gasteiger charge is -2.15. The van der Waals surface area contributed by atoms with Crippen LogP contribution in [-0.2, 0) is 9.59 Å². The fraction of sp³-hybridized carbons (Fsp3) is 0.190. The molecule has 0 saturated carbocycles. The third kappa shape index (κ3) is 4.85. The molecule has 3 amide bonds. The van der Waals surface area contributed by atoms with Crippen LogP contribution < -0.4 is 15.0 Å². The molecule has 0 spiro atoms. The molecule has 9 heteroatoms. The number of carbonyl (C=O) groups is 3. The smallest absolute Gasteiger partial charge is 0.294 e. The summed E-state index contributed by atoms with van der Waals surface area (Å²) >= 11 is 4.33. The van der Waals surface area contributed by atoms with Gasteiger partial charge in [-0.25, -0.2) is 0 Å². The van der Waals surface area contributed by atoms with Gasteiger partial charge >= 0.3 is 0 Å². The van der Waals surface area contributed by atoms with Crippen LogP contribution in [0.15, 0.2) is 51.8 Å². The molecule has 1 aliphatic rings. The van der Waals surface area contributed by atoms with Crippen LogP contribution in [0.3, 0.4) is 0 Å². The van der Waals surface area contributed by atoms with E-state index in [1.165, 1.54) is 7.11 Å². The van der Waals surface area contributed by atoms with Crippen LogP contribution in [0.25, 0.3) is 6.08 Å². The van der Waals surface area contributed by atoms with Gasteiger partial charge in [0.25, 0.3) is 11.1 Å². The summed E-state index contributed by atoms with van der Waals surface area (Å²) in [7, 11) is 5.36. The minimum atomic E-state index is -0.493. The van der Waals surface area contributed by atoms with Crippen LogP contribution in [0.2, 0.25) is 0 Å². The number of thioether (sulfide) groups is 1. The number of hydrogen-bond acceptors (Lipinski definition) is 6. The molecule has 1 aliphatic heterocycles. The molecule has 1 fully saturated rings. The first kappa shape index (κ1) is 21.9. The van der Waals surface area contributed by atoms with E-state index in [1.807, 2.05) is 37.2 Å². The number of methoxy groups -OCH3 is 1. The highest BCUT2D eigenvalue weighted by atomic mass is 79.9. The second kappa shape index (κ2) is 9.36. The summed E-state index contributed by atoms with van der Waals surface area (Å²) in [6.45, 7) is -0.372. The Hall–Kier alpha value is -2.78. The number of benzene rings is 2. The van der Waals surface area contributed by atoms with Gasteiger partial charge in [-0.15, -0.1) is 0 Å². The van der Waals surface area contributed by atoms with Crippen LogP contribution in [0, 0.1) is 0 Å². The van der Waals surface area contributed by atoms with Crippen molar-refractivity contribution in [3.8, 4) is 5.75 Å². The maximum absolute atomic E-state index is 12.7. The van der Waals surface area contributed by atoms with E-state index in [9.17, 15) is 14.4 Å². The zero-order chi connectivity index (χ0) is 21.8. The molecule has 1 heterocycles. The molecule has 1 saturated heterocycles. The topological polar surface area (TPSA) is 79.0 Å². The molecule has 30 heavy (non-hydrogen) atoms. The minimum absolute atomic E-state index is 0.273. The number of carbonyl (C=O) groups excluding carboxylic acids is 3. The molecule has 2 aromatic carbocycles. The van der Waals surface area contributed by atoms with Gasteiger partial charge in [-0.05, 0) is 63.6 Å². The highest BCUT2D eigenvalue weighted by Crippen LogP contribution is 2.34. The van der Waals surface area contributed by atoms with E-state index in [2.05, 4.69) is 21.2 Å². The Morgan fingerprint density at radius 2 is 1.97 bits per heavy atom. The number of rotatable bonds is 6. The fourth-order valence-corrected chi connectivity index (χ4v) is 4.43. The van der Waals surface area contributed by atoms with E-state index in [0.29, 0.717) is 11.4 Å². The van der Waals surface area contributed by atoms with E-state index in [-0.39, 0.29) is 11.4 Å². The highest BCUT2D eigenvalue weighted by Gasteiger charge is 2.36. The quantitative estimate of drug-likeness (QED) is 0.612. The summed E-state index contributed by atoms with van der Waals surface area (Å²) in [5, 5.41) is 2.19. The summed E-state index contributed by atoms with van der Waals surface area (Å²) < 4.78 is 6.06. The average Bonchev–Trinajstić information content (AvgIpc) is 2.95. The molecule has 2 aromatic rings. The van der Waals surface area contributed by atoms with Gasteiger partial charge in [0.2, 0.25) is 5.91 Å². The monoisotopic (exact) mass is 489 g/mol. The van der Waals surface area contributed by atoms with E-state index in [1.54, 1.807) is 30.3 Å². The number of nitrogens with one attached hydrogen (secondary N) is 1. The average molecular weight is 490 g/mol. The number of ether oxygens (including phenoxy) is 1. The van der Waals surface area contributed by atoms with Crippen LogP contribution in [0.1, 0.15) is 5.56 Å². The number of hydrogen-bond donors (Lipinski definition) is 1. The molecular weight excluding hydrogens is 470 g/mol. The van der Waals surface area contributed by atoms with Crippen LogP contribution in [0.4, 0.5) is 16.2 Å². The molecule has 0 aromatic heterocycles. The van der Waals surface area contributed by atoms with Gasteiger partial charge in [0, 0.05) is 18.6 Å². The van der Waals surface area contributed by atoms with Crippen molar-refractivity contribution in [2.45, 2.75) is 0 Å². The summed E-state index contributed by atoms with van der Waals surface area (Å²) in [6, 6.07) is 12.6. The minimum Gasteiger partial charge on any atom is -0.495 e. The van der Waals surface area contributed by atoms with Crippen molar-refractivity contribution in [2.75, 3.05) is 38.0 Å². The lowest BCUT2D eigenvalue weighted by molar-refractivity contribution is -0.127. The molecule has 0 radical (unpaired) electrons. The summed E-state index contributed by atoms with van der Waals surface area (Å²) in [5.41, 5.74) is 2.24. The SMILES string of the molecule is COc1ccccc1NC(=O)CN1C(=O)S/C(=C\c2ccc(N(C)C)c(Br)c2)C1=O. The van der Waals surface area contributed by atoms with Gasteiger partial charge in [0.05, 0.1) is 23.4 Å². The predicted octanol–water partition coefficient (Wildman–Crippen LogP) is 4.20. The third-order valence-corrected chi connectivity index (χ3v) is 5.85. The summed E-state index contributed by atoms with van der Waals surface area (Å²) in [5.74, 6) is -0.485. The van der Waals surface area contributed by atoms with E-state index in [0.717, 1.165) is 32.4 Å². The van der Waals surface area contributed by atoms with Crippen molar-refractivity contribution in [3.05, 3.63) is 57.4 Å². The number of halogens is 1. The van der Waals surface area contributed by atoms with Crippen molar-refractivity contribution in [2.24, 2.45) is 0 Å². The molecule has 0 unspecified atom stereocenters. The summed E-state index contributed by atoms with van der Waals surface area (Å²) in [4.78, 5) is 40.6. The Morgan fingerprint density at radius 3 is 2.63 bits per heavy atom. The third-order valence-electron chi connectivity index (χ3n) is 4.31. The molecule has 156 valence electrons. The Bertz CT molecular complexity index is 1040. The first-order chi connectivity index (χ1) is 14.3. The Morgan fingerprint density at radius 1 is 1.23 bits per heavy atom. The number of amides is 3. The Kier molecular flexibility index (Phi) is 6.84. The fourth-order valence-electron chi connectivity index (χ4n) is 2.84.